The quantitative estimate of drug-likeness (QED) is 0.587. The first kappa shape index (κ1) is 18.3. The summed E-state index contributed by atoms with van der Waals surface area (Å²) in [5.74, 6) is -0.416. The topological polar surface area (TPSA) is 95.7 Å². The molecule has 0 saturated carbocycles. The number of hydrogen-bond acceptors (Lipinski definition) is 6. The van der Waals surface area contributed by atoms with E-state index in [1.165, 1.54) is 0 Å². The Kier molecular flexibility index (Phi) is 4.06. The van der Waals surface area contributed by atoms with E-state index in [9.17, 15) is 20.0 Å². The molecule has 0 saturated heterocycles. The number of carbonyl (C=O) groups is 1. The van der Waals surface area contributed by atoms with Crippen molar-refractivity contribution in [1.29, 1.82) is 0 Å². The van der Waals surface area contributed by atoms with Crippen molar-refractivity contribution < 1.29 is 19.6 Å². The maximum Gasteiger partial charge on any atom is 0.247 e. The molecule has 0 unspecified atom stereocenters. The van der Waals surface area contributed by atoms with E-state index < -0.39 is 17.1 Å². The van der Waals surface area contributed by atoms with Crippen molar-refractivity contribution in [3.8, 4) is 0 Å². The number of anilines is 1. The first-order valence-electron chi connectivity index (χ1n) is 9.29. The van der Waals surface area contributed by atoms with Gasteiger partial charge in [-0.25, -0.2) is 0 Å². The van der Waals surface area contributed by atoms with Crippen molar-refractivity contribution in [2.75, 3.05) is 11.4 Å². The van der Waals surface area contributed by atoms with Crippen molar-refractivity contribution >= 4 is 11.7 Å². The lowest BCUT2D eigenvalue weighted by Crippen LogP contribution is -2.57. The smallest absolute Gasteiger partial charge is 0.247 e. The second-order valence-electron chi connectivity index (χ2n) is 7.82. The summed E-state index contributed by atoms with van der Waals surface area (Å²) in [5, 5.41) is 22.3. The SMILES string of the molecule is CC1(C)c2ccccc2N(CCC(=O)[O-])[C@@]12C=CC1=C(CCC([N+](=O)[O-])=C1)O2. The van der Waals surface area contributed by atoms with Crippen molar-refractivity contribution in [3.63, 3.8) is 0 Å². The van der Waals surface area contributed by atoms with Crippen LogP contribution in [0.3, 0.4) is 0 Å². The third kappa shape index (κ3) is 2.53. The first-order valence-corrected chi connectivity index (χ1v) is 9.29. The van der Waals surface area contributed by atoms with Crippen molar-refractivity contribution in [2.45, 2.75) is 44.2 Å². The fraction of sp³-hybridized carbons (Fsp3) is 0.381. The lowest BCUT2D eigenvalue weighted by atomic mass is 9.76. The van der Waals surface area contributed by atoms with Gasteiger partial charge in [0.15, 0.2) is 0 Å². The number of fused-ring (bicyclic) bond motifs is 1. The van der Waals surface area contributed by atoms with Crippen LogP contribution in [0, 0.1) is 10.1 Å². The van der Waals surface area contributed by atoms with Gasteiger partial charge in [-0.3, -0.25) is 10.1 Å². The molecule has 146 valence electrons. The Hall–Kier alpha value is -3.09. The summed E-state index contributed by atoms with van der Waals surface area (Å²) in [5.41, 5.74) is 1.52. The van der Waals surface area contributed by atoms with Gasteiger partial charge in [-0.2, -0.15) is 0 Å². The number of ether oxygens (including phenoxy) is 1. The molecule has 1 aliphatic carbocycles. The summed E-state index contributed by atoms with van der Waals surface area (Å²) in [7, 11) is 0. The van der Waals surface area contributed by atoms with Crippen LogP contribution in [0.15, 0.2) is 59.5 Å². The molecule has 0 N–H and O–H groups in total. The molecule has 3 aliphatic rings. The molecule has 2 heterocycles. The second-order valence-corrected chi connectivity index (χ2v) is 7.82. The van der Waals surface area contributed by atoms with Gasteiger partial charge in [-0.1, -0.05) is 18.2 Å². The number of para-hydroxylation sites is 1. The summed E-state index contributed by atoms with van der Waals surface area (Å²) in [6, 6.07) is 7.88. The third-order valence-corrected chi connectivity index (χ3v) is 5.96. The zero-order valence-electron chi connectivity index (χ0n) is 15.8. The van der Waals surface area contributed by atoms with E-state index >= 15 is 0 Å². The minimum atomic E-state index is -1.12. The van der Waals surface area contributed by atoms with E-state index in [2.05, 4.69) is 13.8 Å². The number of rotatable bonds is 4. The van der Waals surface area contributed by atoms with E-state index in [1.54, 1.807) is 6.08 Å². The molecule has 1 aromatic rings. The Morgan fingerprint density at radius 3 is 2.75 bits per heavy atom. The maximum absolute atomic E-state index is 11.2. The second kappa shape index (κ2) is 6.22. The van der Waals surface area contributed by atoms with Gasteiger partial charge >= 0.3 is 0 Å². The van der Waals surface area contributed by atoms with Crippen LogP contribution in [0.1, 0.15) is 38.7 Å². The summed E-state index contributed by atoms with van der Waals surface area (Å²) in [4.78, 5) is 23.9. The van der Waals surface area contributed by atoms with E-state index in [-0.39, 0.29) is 23.6 Å². The maximum atomic E-state index is 11.2. The minimum absolute atomic E-state index is 0.124. The molecule has 1 atom stereocenters. The van der Waals surface area contributed by atoms with Crippen LogP contribution in [0.5, 0.6) is 0 Å². The van der Waals surface area contributed by atoms with Crippen LogP contribution in [0.4, 0.5) is 5.69 Å². The Balaban J connectivity index is 1.79. The number of carboxylic acids is 1. The number of carbonyl (C=O) groups excluding carboxylic acids is 1. The first-order chi connectivity index (χ1) is 13.3. The normalized spacial score (nSPS) is 24.5. The lowest BCUT2D eigenvalue weighted by Gasteiger charge is -2.48. The molecule has 0 bridgehead atoms. The number of aliphatic carboxylic acids is 1. The molecule has 7 heteroatoms. The molecule has 2 aliphatic heterocycles. The number of carboxylic acid groups (broad SMARTS) is 1. The Morgan fingerprint density at radius 1 is 1.29 bits per heavy atom. The van der Waals surface area contributed by atoms with Gasteiger partial charge in [0.25, 0.3) is 0 Å². The molecular weight excluding hydrogens is 360 g/mol. The highest BCUT2D eigenvalue weighted by Crippen LogP contribution is 2.55. The van der Waals surface area contributed by atoms with Gasteiger partial charge in [-0.15, -0.1) is 0 Å². The highest BCUT2D eigenvalue weighted by atomic mass is 16.6. The van der Waals surface area contributed by atoms with Crippen molar-refractivity contribution in [1.82, 2.24) is 0 Å². The summed E-state index contributed by atoms with van der Waals surface area (Å²) in [6.07, 6.45) is 5.95. The van der Waals surface area contributed by atoms with E-state index in [0.717, 1.165) is 11.3 Å². The summed E-state index contributed by atoms with van der Waals surface area (Å²) >= 11 is 0. The Labute approximate surface area is 162 Å². The van der Waals surface area contributed by atoms with E-state index in [1.807, 2.05) is 41.3 Å². The molecule has 1 spiro atoms. The monoisotopic (exact) mass is 381 g/mol. The average molecular weight is 381 g/mol. The predicted molar refractivity (Wildman–Crippen MR) is 101 cm³/mol. The predicted octanol–water partition coefficient (Wildman–Crippen LogP) is 2.42. The molecule has 28 heavy (non-hydrogen) atoms. The highest BCUT2D eigenvalue weighted by molar-refractivity contribution is 5.71. The molecule has 4 rings (SSSR count). The van der Waals surface area contributed by atoms with Gasteiger partial charge < -0.3 is 19.5 Å². The summed E-state index contributed by atoms with van der Waals surface area (Å²) in [6.45, 7) is 4.38. The van der Waals surface area contributed by atoms with Crippen LogP contribution in [-0.4, -0.2) is 23.2 Å². The van der Waals surface area contributed by atoms with Gasteiger partial charge in [0.1, 0.15) is 5.76 Å². The molecule has 0 radical (unpaired) electrons. The van der Waals surface area contributed by atoms with Crippen LogP contribution >= 0.6 is 0 Å². The molecule has 0 amide bonds. The fourth-order valence-corrected chi connectivity index (χ4v) is 4.46. The van der Waals surface area contributed by atoms with Crippen LogP contribution in [0.25, 0.3) is 0 Å². The number of nitrogens with zero attached hydrogens (tertiary/aromatic N) is 2. The van der Waals surface area contributed by atoms with Crippen LogP contribution < -0.4 is 10.0 Å². The molecule has 0 aromatic heterocycles. The number of allylic oxidation sites excluding steroid dienone is 5. The molecule has 0 fully saturated rings. The lowest BCUT2D eigenvalue weighted by molar-refractivity contribution is -0.428. The van der Waals surface area contributed by atoms with E-state index in [4.69, 9.17) is 4.74 Å². The Bertz CT molecular complexity index is 959. The third-order valence-electron chi connectivity index (χ3n) is 5.96. The number of hydrogen-bond donors (Lipinski definition) is 0. The van der Waals surface area contributed by atoms with E-state index in [0.29, 0.717) is 24.2 Å². The zero-order valence-corrected chi connectivity index (χ0v) is 15.8. The molecule has 7 nitrogen and oxygen atoms in total. The molecular formula is C21H21N2O5-. The Morgan fingerprint density at radius 2 is 2.04 bits per heavy atom. The van der Waals surface area contributed by atoms with Gasteiger partial charge in [0.05, 0.1) is 10.3 Å². The molecule has 1 aromatic carbocycles. The summed E-state index contributed by atoms with van der Waals surface area (Å²) < 4.78 is 6.55. The largest absolute Gasteiger partial charge is 0.550 e. The van der Waals surface area contributed by atoms with Gasteiger partial charge in [-0.05, 0) is 37.6 Å². The number of benzene rings is 1. The average Bonchev–Trinajstić information content (AvgIpc) is 2.84. The van der Waals surface area contributed by atoms with Crippen LogP contribution in [0.2, 0.25) is 0 Å². The fourth-order valence-electron chi connectivity index (χ4n) is 4.46. The van der Waals surface area contributed by atoms with Gasteiger partial charge in [0.2, 0.25) is 11.4 Å². The van der Waals surface area contributed by atoms with Crippen molar-refractivity contribution in [3.05, 3.63) is 75.2 Å². The van der Waals surface area contributed by atoms with Gasteiger partial charge in [0, 0.05) is 49.1 Å². The van der Waals surface area contributed by atoms with Crippen LogP contribution in [-0.2, 0) is 14.9 Å². The number of nitro groups is 1. The van der Waals surface area contributed by atoms with Crippen molar-refractivity contribution in [2.24, 2.45) is 0 Å². The zero-order chi connectivity index (χ0) is 20.1. The standard InChI is InChI=1S/C21H22N2O5/c1-20(2)16-5-3-4-6-17(16)22(12-10-19(24)25)21(20)11-9-14-13-15(23(26)27)7-8-18(14)28-21/h3-6,9,11,13H,7-8,10,12H2,1-2H3,(H,24,25)/p-1/t21-/m1/s1. The highest BCUT2D eigenvalue weighted by Gasteiger charge is 2.58. The minimum Gasteiger partial charge on any atom is -0.550 e.